The Labute approximate surface area is 127 Å². The molecule has 0 radical (unpaired) electrons. The molecule has 0 saturated carbocycles. The number of amides is 1. The van der Waals surface area contributed by atoms with E-state index in [4.69, 9.17) is 5.84 Å². The zero-order valence-corrected chi connectivity index (χ0v) is 14.0. The molecule has 1 heterocycles. The molecule has 1 rings (SSSR count). The van der Waals surface area contributed by atoms with Gasteiger partial charge < -0.3 is 10.7 Å². The van der Waals surface area contributed by atoms with Gasteiger partial charge in [-0.3, -0.25) is 4.79 Å². The Morgan fingerprint density at radius 3 is 2.19 bits per heavy atom. The summed E-state index contributed by atoms with van der Waals surface area (Å²) in [5.74, 6) is 5.88. The quantitative estimate of drug-likeness (QED) is 0.576. The lowest BCUT2D eigenvalue weighted by molar-refractivity contribution is 0.0901. The number of anilines is 1. The van der Waals surface area contributed by atoms with Gasteiger partial charge in [-0.25, -0.2) is 10.8 Å². The van der Waals surface area contributed by atoms with Crippen molar-refractivity contribution >= 4 is 11.7 Å². The molecule has 0 bridgehead atoms. The highest BCUT2D eigenvalue weighted by atomic mass is 16.1. The van der Waals surface area contributed by atoms with Crippen LogP contribution < -0.4 is 16.6 Å². The molecule has 0 unspecified atom stereocenters. The number of nitrogen functional groups attached to an aromatic ring is 1. The standard InChI is InChI=1S/C16H28N4O/c1-7-16(6,8-2)19-14(21)11-9-12(15(3,4)5)18-13(10-11)20-17/h9-10H,7-8,17H2,1-6H3,(H,18,20)(H,19,21). The van der Waals surface area contributed by atoms with Crippen molar-refractivity contribution in [2.24, 2.45) is 5.84 Å². The topological polar surface area (TPSA) is 80.0 Å². The second-order valence-electron chi connectivity index (χ2n) is 6.74. The molecule has 0 aliphatic carbocycles. The fraction of sp³-hybridized carbons (Fsp3) is 0.625. The highest BCUT2D eigenvalue weighted by molar-refractivity contribution is 5.95. The number of hydrogen-bond donors (Lipinski definition) is 3. The van der Waals surface area contributed by atoms with Crippen molar-refractivity contribution in [2.75, 3.05) is 5.43 Å². The maximum atomic E-state index is 12.5. The van der Waals surface area contributed by atoms with Crippen LogP contribution in [-0.2, 0) is 5.41 Å². The van der Waals surface area contributed by atoms with Crippen molar-refractivity contribution in [1.29, 1.82) is 0 Å². The molecular weight excluding hydrogens is 264 g/mol. The molecular formula is C16H28N4O. The van der Waals surface area contributed by atoms with Gasteiger partial charge in [-0.2, -0.15) is 0 Å². The maximum Gasteiger partial charge on any atom is 0.251 e. The van der Waals surface area contributed by atoms with Gasteiger partial charge in [0.25, 0.3) is 5.91 Å². The fourth-order valence-electron chi connectivity index (χ4n) is 1.89. The van der Waals surface area contributed by atoms with Crippen molar-refractivity contribution in [2.45, 2.75) is 65.3 Å². The van der Waals surface area contributed by atoms with Crippen LogP contribution in [0.1, 0.15) is 70.4 Å². The monoisotopic (exact) mass is 292 g/mol. The molecule has 118 valence electrons. The van der Waals surface area contributed by atoms with E-state index in [2.05, 4.69) is 57.3 Å². The van der Waals surface area contributed by atoms with Gasteiger partial charge in [0.1, 0.15) is 5.82 Å². The van der Waals surface area contributed by atoms with Gasteiger partial charge >= 0.3 is 0 Å². The maximum absolute atomic E-state index is 12.5. The van der Waals surface area contributed by atoms with Gasteiger partial charge in [-0.1, -0.05) is 34.6 Å². The Kier molecular flexibility index (Phi) is 5.34. The first-order valence-corrected chi connectivity index (χ1v) is 7.47. The number of carbonyl (C=O) groups is 1. The normalized spacial score (nSPS) is 12.1. The van der Waals surface area contributed by atoms with Crippen molar-refractivity contribution in [1.82, 2.24) is 10.3 Å². The van der Waals surface area contributed by atoms with Gasteiger partial charge in [-0.05, 0) is 31.9 Å². The molecule has 0 atom stereocenters. The third kappa shape index (κ3) is 4.43. The molecule has 0 aromatic carbocycles. The van der Waals surface area contributed by atoms with E-state index < -0.39 is 0 Å². The largest absolute Gasteiger partial charge is 0.347 e. The van der Waals surface area contributed by atoms with E-state index in [1.54, 1.807) is 6.07 Å². The van der Waals surface area contributed by atoms with Crippen molar-refractivity contribution in [3.05, 3.63) is 23.4 Å². The Morgan fingerprint density at radius 1 is 1.19 bits per heavy atom. The lowest BCUT2D eigenvalue weighted by Gasteiger charge is -2.28. The van der Waals surface area contributed by atoms with Gasteiger partial charge in [0.2, 0.25) is 0 Å². The van der Waals surface area contributed by atoms with Gasteiger partial charge in [-0.15, -0.1) is 0 Å². The molecule has 0 aliphatic rings. The van der Waals surface area contributed by atoms with E-state index in [-0.39, 0.29) is 16.9 Å². The van der Waals surface area contributed by atoms with E-state index in [1.165, 1.54) is 0 Å². The molecule has 0 aliphatic heterocycles. The van der Waals surface area contributed by atoms with Crippen LogP contribution in [0.2, 0.25) is 0 Å². The summed E-state index contributed by atoms with van der Waals surface area (Å²) in [4.78, 5) is 16.9. The van der Waals surface area contributed by atoms with E-state index in [0.717, 1.165) is 18.5 Å². The minimum absolute atomic E-state index is 0.0920. The molecule has 1 aromatic rings. The predicted molar refractivity (Wildman–Crippen MR) is 87.2 cm³/mol. The molecule has 5 nitrogen and oxygen atoms in total. The van der Waals surface area contributed by atoms with Crippen LogP contribution in [-0.4, -0.2) is 16.4 Å². The molecule has 0 fully saturated rings. The average Bonchev–Trinajstić information content (AvgIpc) is 2.45. The molecule has 0 saturated heterocycles. The third-order valence-corrected chi connectivity index (χ3v) is 3.98. The summed E-state index contributed by atoms with van der Waals surface area (Å²) in [5.41, 5.74) is 3.60. The number of hydrazine groups is 1. The minimum atomic E-state index is -0.196. The fourth-order valence-corrected chi connectivity index (χ4v) is 1.89. The first-order valence-electron chi connectivity index (χ1n) is 7.47. The molecule has 1 amide bonds. The van der Waals surface area contributed by atoms with E-state index in [1.807, 2.05) is 6.07 Å². The highest BCUT2D eigenvalue weighted by Gasteiger charge is 2.24. The van der Waals surface area contributed by atoms with Crippen molar-refractivity contribution < 1.29 is 4.79 Å². The number of aromatic nitrogens is 1. The van der Waals surface area contributed by atoms with Gasteiger partial charge in [0.05, 0.1) is 0 Å². The number of nitrogens with one attached hydrogen (secondary N) is 2. The summed E-state index contributed by atoms with van der Waals surface area (Å²) in [5, 5.41) is 3.10. The van der Waals surface area contributed by atoms with Gasteiger partial charge in [0.15, 0.2) is 0 Å². The first kappa shape index (κ1) is 17.4. The number of pyridine rings is 1. The number of nitrogens with two attached hydrogens (primary N) is 1. The zero-order chi connectivity index (χ0) is 16.3. The smallest absolute Gasteiger partial charge is 0.251 e. The number of hydrogen-bond acceptors (Lipinski definition) is 4. The molecule has 1 aromatic heterocycles. The molecule has 5 heteroatoms. The van der Waals surface area contributed by atoms with Crippen molar-refractivity contribution in [3.8, 4) is 0 Å². The second kappa shape index (κ2) is 6.43. The van der Waals surface area contributed by atoms with Gasteiger partial charge in [0, 0.05) is 22.2 Å². The first-order chi connectivity index (χ1) is 9.65. The summed E-state index contributed by atoms with van der Waals surface area (Å²) < 4.78 is 0. The van der Waals surface area contributed by atoms with Crippen LogP contribution in [0.3, 0.4) is 0 Å². The Bertz CT molecular complexity index is 501. The second-order valence-corrected chi connectivity index (χ2v) is 6.74. The number of nitrogens with zero attached hydrogens (tertiary/aromatic N) is 1. The Hall–Kier alpha value is -1.62. The Morgan fingerprint density at radius 2 is 1.76 bits per heavy atom. The summed E-state index contributed by atoms with van der Waals surface area (Å²) >= 11 is 0. The van der Waals surface area contributed by atoms with E-state index in [0.29, 0.717) is 11.4 Å². The lowest BCUT2D eigenvalue weighted by atomic mass is 9.90. The molecule has 0 spiro atoms. The van der Waals surface area contributed by atoms with Crippen LogP contribution >= 0.6 is 0 Å². The minimum Gasteiger partial charge on any atom is -0.347 e. The van der Waals surface area contributed by atoms with Crippen molar-refractivity contribution in [3.63, 3.8) is 0 Å². The highest BCUT2D eigenvalue weighted by Crippen LogP contribution is 2.24. The number of rotatable bonds is 5. The van der Waals surface area contributed by atoms with E-state index in [9.17, 15) is 4.79 Å². The van der Waals surface area contributed by atoms with E-state index >= 15 is 0 Å². The predicted octanol–water partition coefficient (Wildman–Crippen LogP) is 2.97. The van der Waals surface area contributed by atoms with Crippen LogP contribution in [0.5, 0.6) is 0 Å². The summed E-state index contributed by atoms with van der Waals surface area (Å²) in [6.45, 7) is 12.4. The summed E-state index contributed by atoms with van der Waals surface area (Å²) in [7, 11) is 0. The Balaban J connectivity index is 3.15. The summed E-state index contributed by atoms with van der Waals surface area (Å²) in [6.07, 6.45) is 1.77. The molecule has 4 N–H and O–H groups in total. The van der Waals surface area contributed by atoms with Crippen LogP contribution in [0.25, 0.3) is 0 Å². The van der Waals surface area contributed by atoms with Crippen LogP contribution in [0.15, 0.2) is 12.1 Å². The average molecular weight is 292 g/mol. The van der Waals surface area contributed by atoms with Crippen LogP contribution in [0.4, 0.5) is 5.82 Å². The lowest BCUT2D eigenvalue weighted by Crippen LogP contribution is -2.45. The number of carbonyl (C=O) groups excluding carboxylic acids is 1. The SMILES string of the molecule is CCC(C)(CC)NC(=O)c1cc(NN)nc(C(C)(C)C)c1. The zero-order valence-electron chi connectivity index (χ0n) is 14.0. The van der Waals surface area contributed by atoms with Crippen LogP contribution in [0, 0.1) is 0 Å². The molecule has 21 heavy (non-hydrogen) atoms. The third-order valence-electron chi connectivity index (χ3n) is 3.98. The summed E-state index contributed by atoms with van der Waals surface area (Å²) in [6, 6.07) is 3.51.